The highest BCUT2D eigenvalue weighted by Crippen LogP contribution is 2.36. The molecule has 0 amide bonds. The van der Waals surface area contributed by atoms with Crippen LogP contribution in [-0.2, 0) is 4.57 Å². The van der Waals surface area contributed by atoms with Gasteiger partial charge in [0.05, 0.1) is 0 Å². The molecule has 0 saturated carbocycles. The molecular weight excluding hydrogens is 257 g/mol. The first-order valence-electron chi connectivity index (χ1n) is 6.19. The first-order valence-corrected chi connectivity index (χ1v) is 7.48. The van der Waals surface area contributed by atoms with Crippen molar-refractivity contribution in [3.8, 4) is 0 Å². The summed E-state index contributed by atoms with van der Waals surface area (Å²) in [5.41, 5.74) is 1.93. The van der Waals surface area contributed by atoms with Crippen molar-refractivity contribution < 1.29 is 9.46 Å². The van der Waals surface area contributed by atoms with Crippen molar-refractivity contribution >= 4 is 8.03 Å². The third-order valence-electron chi connectivity index (χ3n) is 3.04. The van der Waals surface area contributed by atoms with Crippen LogP contribution in [0.15, 0.2) is 60.7 Å². The smallest absolute Gasteiger partial charge is 0.260 e. The quantitative estimate of drug-likeness (QED) is 0.816. The number of benzene rings is 2. The Hall–Kier alpha value is -1.54. The van der Waals surface area contributed by atoms with E-state index in [-0.39, 0.29) is 6.04 Å². The lowest BCUT2D eigenvalue weighted by molar-refractivity contribution is 0.457. The summed E-state index contributed by atoms with van der Waals surface area (Å²) < 4.78 is 11.6. The SMILES string of the molecule is C[C@H](N[C@@H](c1ccccc1)[P+](=O)O)c1ccccc1. The first kappa shape index (κ1) is 13.9. The molecule has 1 unspecified atom stereocenters. The maximum atomic E-state index is 11.6. The standard InChI is InChI=1S/C15H16NO2P/c1-12(13-8-4-2-5-9-13)16-15(19(17)18)14-10-6-3-7-11-14/h2-12,15-16H,1H3/p+1/t12-,15+/m0/s1. The van der Waals surface area contributed by atoms with Crippen LogP contribution in [0.2, 0.25) is 0 Å². The number of hydrogen-bond donors (Lipinski definition) is 2. The van der Waals surface area contributed by atoms with Crippen molar-refractivity contribution in [1.29, 1.82) is 0 Å². The summed E-state index contributed by atoms with van der Waals surface area (Å²) in [7, 11) is -2.32. The third-order valence-corrected chi connectivity index (χ3v) is 3.93. The molecule has 0 aliphatic carbocycles. The summed E-state index contributed by atoms with van der Waals surface area (Å²) in [4.78, 5) is 9.51. The van der Waals surface area contributed by atoms with Gasteiger partial charge in [-0.2, -0.15) is 4.89 Å². The van der Waals surface area contributed by atoms with Crippen molar-refractivity contribution in [3.05, 3.63) is 71.8 Å². The van der Waals surface area contributed by atoms with Gasteiger partial charge in [0.2, 0.25) is 0 Å². The van der Waals surface area contributed by atoms with E-state index in [1.807, 2.05) is 67.6 Å². The molecule has 0 heterocycles. The highest BCUT2D eigenvalue weighted by molar-refractivity contribution is 7.38. The summed E-state index contributed by atoms with van der Waals surface area (Å²) in [6.07, 6.45) is 0. The van der Waals surface area contributed by atoms with Gasteiger partial charge < -0.3 is 0 Å². The summed E-state index contributed by atoms with van der Waals surface area (Å²) in [5.74, 6) is -0.550. The monoisotopic (exact) mass is 274 g/mol. The van der Waals surface area contributed by atoms with Crippen molar-refractivity contribution in [3.63, 3.8) is 0 Å². The van der Waals surface area contributed by atoms with Crippen molar-refractivity contribution in [1.82, 2.24) is 5.32 Å². The van der Waals surface area contributed by atoms with Crippen LogP contribution in [-0.4, -0.2) is 4.89 Å². The lowest BCUT2D eigenvalue weighted by atomic mass is 10.1. The first-order chi connectivity index (χ1) is 9.18. The van der Waals surface area contributed by atoms with Gasteiger partial charge in [0.1, 0.15) is 0 Å². The predicted octanol–water partition coefficient (Wildman–Crippen LogP) is 3.77. The molecule has 2 aromatic carbocycles. The van der Waals surface area contributed by atoms with Crippen LogP contribution in [0.5, 0.6) is 0 Å². The number of nitrogens with one attached hydrogen (secondary N) is 1. The van der Waals surface area contributed by atoms with Crippen LogP contribution in [0.4, 0.5) is 0 Å². The van der Waals surface area contributed by atoms with Crippen LogP contribution >= 0.6 is 8.03 Å². The minimum atomic E-state index is -2.32. The van der Waals surface area contributed by atoms with E-state index in [4.69, 9.17) is 0 Å². The molecule has 2 rings (SSSR count). The van der Waals surface area contributed by atoms with Gasteiger partial charge in [-0.05, 0) is 17.1 Å². The Morgan fingerprint density at radius 2 is 1.42 bits per heavy atom. The number of rotatable bonds is 5. The third kappa shape index (κ3) is 3.71. The van der Waals surface area contributed by atoms with E-state index in [1.165, 1.54) is 0 Å². The Morgan fingerprint density at radius 1 is 0.947 bits per heavy atom. The summed E-state index contributed by atoms with van der Waals surface area (Å²) in [5, 5.41) is 3.22. The van der Waals surface area contributed by atoms with Gasteiger partial charge in [0, 0.05) is 11.6 Å². The molecule has 0 aromatic heterocycles. The zero-order chi connectivity index (χ0) is 13.7. The molecule has 2 aromatic rings. The second-order valence-electron chi connectivity index (χ2n) is 4.41. The molecule has 98 valence electrons. The van der Waals surface area contributed by atoms with E-state index in [1.54, 1.807) is 0 Å². The molecule has 0 bridgehead atoms. The molecule has 0 aliphatic rings. The van der Waals surface area contributed by atoms with Crippen molar-refractivity contribution in [2.45, 2.75) is 18.7 Å². The van der Waals surface area contributed by atoms with E-state index >= 15 is 0 Å². The van der Waals surface area contributed by atoms with Crippen LogP contribution in [0, 0.1) is 0 Å². The molecule has 4 heteroatoms. The molecule has 0 spiro atoms. The second-order valence-corrected chi connectivity index (χ2v) is 5.54. The molecule has 19 heavy (non-hydrogen) atoms. The van der Waals surface area contributed by atoms with Crippen molar-refractivity contribution in [2.24, 2.45) is 0 Å². The lowest BCUT2D eigenvalue weighted by Gasteiger charge is -2.16. The van der Waals surface area contributed by atoms with Crippen LogP contribution in [0.25, 0.3) is 0 Å². The second kappa shape index (κ2) is 6.58. The predicted molar refractivity (Wildman–Crippen MR) is 77.0 cm³/mol. The molecule has 3 atom stereocenters. The largest absolute Gasteiger partial charge is 0.529 e. The molecule has 0 fully saturated rings. The summed E-state index contributed by atoms with van der Waals surface area (Å²) >= 11 is 0. The topological polar surface area (TPSA) is 49.3 Å². The Bertz CT molecular complexity index is 530. The Morgan fingerprint density at radius 3 is 1.89 bits per heavy atom. The minimum absolute atomic E-state index is 0.0116. The fourth-order valence-corrected chi connectivity index (χ4v) is 2.78. The van der Waals surface area contributed by atoms with Gasteiger partial charge in [-0.15, -0.1) is 0 Å². The highest BCUT2D eigenvalue weighted by Gasteiger charge is 2.32. The van der Waals surface area contributed by atoms with E-state index in [0.717, 1.165) is 11.1 Å². The average Bonchev–Trinajstić information content (AvgIpc) is 2.46. The van der Waals surface area contributed by atoms with Gasteiger partial charge in [-0.3, -0.25) is 5.32 Å². The zero-order valence-corrected chi connectivity index (χ0v) is 11.6. The summed E-state index contributed by atoms with van der Waals surface area (Å²) in [6, 6.07) is 19.3. The average molecular weight is 274 g/mol. The number of hydrogen-bond acceptors (Lipinski definition) is 2. The maximum Gasteiger partial charge on any atom is 0.529 e. The van der Waals surface area contributed by atoms with Gasteiger partial charge >= 0.3 is 8.03 Å². The Labute approximate surface area is 114 Å². The van der Waals surface area contributed by atoms with Crippen molar-refractivity contribution in [2.75, 3.05) is 0 Å². The van der Waals surface area contributed by atoms with Crippen LogP contribution in [0.1, 0.15) is 29.9 Å². The van der Waals surface area contributed by atoms with Gasteiger partial charge in [-0.1, -0.05) is 60.7 Å². The maximum absolute atomic E-state index is 11.6. The normalized spacial score (nSPS) is 14.7. The zero-order valence-electron chi connectivity index (χ0n) is 10.7. The molecule has 2 N–H and O–H groups in total. The lowest BCUT2D eigenvalue weighted by Crippen LogP contribution is -2.22. The van der Waals surface area contributed by atoms with E-state index in [2.05, 4.69) is 5.32 Å². The molecule has 0 saturated heterocycles. The van der Waals surface area contributed by atoms with E-state index in [0.29, 0.717) is 0 Å². The minimum Gasteiger partial charge on any atom is -0.260 e. The van der Waals surface area contributed by atoms with Crippen LogP contribution < -0.4 is 5.32 Å². The Kier molecular flexibility index (Phi) is 4.80. The molecule has 0 aliphatic heterocycles. The fraction of sp³-hybridized carbons (Fsp3) is 0.200. The van der Waals surface area contributed by atoms with E-state index < -0.39 is 13.8 Å². The fourth-order valence-electron chi connectivity index (χ4n) is 2.00. The van der Waals surface area contributed by atoms with Crippen LogP contribution in [0.3, 0.4) is 0 Å². The van der Waals surface area contributed by atoms with Gasteiger partial charge in [0.15, 0.2) is 0 Å². The van der Waals surface area contributed by atoms with E-state index in [9.17, 15) is 9.46 Å². The molecule has 0 radical (unpaired) electrons. The Balaban J connectivity index is 2.16. The summed E-state index contributed by atoms with van der Waals surface area (Å²) in [6.45, 7) is 1.99. The van der Waals surface area contributed by atoms with Gasteiger partial charge in [0.25, 0.3) is 5.78 Å². The molecule has 3 nitrogen and oxygen atoms in total. The highest BCUT2D eigenvalue weighted by atomic mass is 31.1. The van der Waals surface area contributed by atoms with Gasteiger partial charge in [-0.25, -0.2) is 0 Å². The molecular formula is C15H17NO2P+.